The van der Waals surface area contributed by atoms with Crippen molar-refractivity contribution in [1.82, 2.24) is 4.98 Å². The Balaban J connectivity index is 2.66. The van der Waals surface area contributed by atoms with Crippen LogP contribution in [0.1, 0.15) is 0 Å². The lowest BCUT2D eigenvalue weighted by Gasteiger charge is -2.06. The smallest absolute Gasteiger partial charge is 0.360 e. The van der Waals surface area contributed by atoms with Crippen LogP contribution >= 0.6 is 23.5 Å². The minimum atomic E-state index is -4.40. The standard InChI is InChI=1S/C9H8BrN2O4P/c10-5-1-2-7(11)12-8(5)9-6(3-4-16-9)17(13,14)15/h1-4H,(H2,11,12)(H2,13,14,15). The van der Waals surface area contributed by atoms with Gasteiger partial charge in [-0.2, -0.15) is 0 Å². The Bertz CT molecular complexity index is 607. The minimum absolute atomic E-state index is 0.0116. The van der Waals surface area contributed by atoms with E-state index in [0.29, 0.717) is 4.47 Å². The quantitative estimate of drug-likeness (QED) is 0.724. The molecule has 2 aromatic heterocycles. The molecule has 17 heavy (non-hydrogen) atoms. The molecule has 90 valence electrons. The highest BCUT2D eigenvalue weighted by atomic mass is 79.9. The van der Waals surface area contributed by atoms with Gasteiger partial charge in [0.15, 0.2) is 5.76 Å². The third-order valence-corrected chi connectivity index (χ3v) is 3.66. The van der Waals surface area contributed by atoms with Gasteiger partial charge >= 0.3 is 7.60 Å². The molecule has 0 atom stereocenters. The third-order valence-electron chi connectivity index (χ3n) is 2.04. The monoisotopic (exact) mass is 318 g/mol. The number of hydrogen-bond donors (Lipinski definition) is 3. The van der Waals surface area contributed by atoms with Crippen molar-refractivity contribution in [2.45, 2.75) is 0 Å². The first kappa shape index (κ1) is 12.3. The fraction of sp³-hybridized carbons (Fsp3) is 0. The Morgan fingerprint density at radius 2 is 2.06 bits per heavy atom. The van der Waals surface area contributed by atoms with Gasteiger partial charge in [-0.25, -0.2) is 4.98 Å². The zero-order chi connectivity index (χ0) is 12.6. The Kier molecular flexibility index (Phi) is 3.09. The van der Waals surface area contributed by atoms with Gasteiger partial charge in [-0.3, -0.25) is 4.57 Å². The predicted molar refractivity (Wildman–Crippen MR) is 65.7 cm³/mol. The van der Waals surface area contributed by atoms with E-state index in [1.165, 1.54) is 12.3 Å². The van der Waals surface area contributed by atoms with Crippen LogP contribution in [0.3, 0.4) is 0 Å². The number of halogens is 1. The van der Waals surface area contributed by atoms with E-state index in [-0.39, 0.29) is 22.6 Å². The lowest BCUT2D eigenvalue weighted by atomic mass is 10.3. The maximum absolute atomic E-state index is 11.2. The minimum Gasteiger partial charge on any atom is -0.462 e. The summed E-state index contributed by atoms with van der Waals surface area (Å²) in [6.45, 7) is 0. The van der Waals surface area contributed by atoms with Crippen molar-refractivity contribution in [3.63, 3.8) is 0 Å². The number of rotatable bonds is 2. The summed E-state index contributed by atoms with van der Waals surface area (Å²) in [6.07, 6.45) is 1.20. The molecule has 0 aliphatic heterocycles. The van der Waals surface area contributed by atoms with Crippen molar-refractivity contribution in [2.75, 3.05) is 5.73 Å². The summed E-state index contributed by atoms with van der Waals surface area (Å²) in [5.74, 6) is 0.244. The molecule has 2 heterocycles. The van der Waals surface area contributed by atoms with E-state index in [9.17, 15) is 4.57 Å². The van der Waals surface area contributed by atoms with Crippen molar-refractivity contribution >= 4 is 34.6 Å². The van der Waals surface area contributed by atoms with E-state index >= 15 is 0 Å². The summed E-state index contributed by atoms with van der Waals surface area (Å²) in [5, 5.41) is -0.212. The van der Waals surface area contributed by atoms with Gasteiger partial charge in [-0.1, -0.05) is 0 Å². The molecule has 2 aromatic rings. The number of anilines is 1. The molecule has 0 radical (unpaired) electrons. The molecule has 6 nitrogen and oxygen atoms in total. The second-order valence-electron chi connectivity index (χ2n) is 3.25. The summed E-state index contributed by atoms with van der Waals surface area (Å²) in [6, 6.07) is 4.41. The van der Waals surface area contributed by atoms with Crippen LogP contribution in [-0.4, -0.2) is 14.8 Å². The van der Waals surface area contributed by atoms with E-state index in [2.05, 4.69) is 20.9 Å². The Morgan fingerprint density at radius 3 is 2.71 bits per heavy atom. The molecule has 2 rings (SSSR count). The predicted octanol–water partition coefficient (Wildman–Crippen LogP) is 1.49. The molecular weight excluding hydrogens is 311 g/mol. The highest BCUT2D eigenvalue weighted by molar-refractivity contribution is 9.10. The fourth-order valence-electron chi connectivity index (χ4n) is 1.33. The van der Waals surface area contributed by atoms with Gasteiger partial charge < -0.3 is 19.9 Å². The molecule has 0 bridgehead atoms. The normalized spacial score (nSPS) is 11.7. The molecule has 4 N–H and O–H groups in total. The van der Waals surface area contributed by atoms with Gasteiger partial charge in [0.2, 0.25) is 0 Å². The zero-order valence-corrected chi connectivity index (χ0v) is 10.9. The van der Waals surface area contributed by atoms with Crippen molar-refractivity contribution < 1.29 is 18.8 Å². The summed E-state index contributed by atoms with van der Waals surface area (Å²) < 4.78 is 16.9. The van der Waals surface area contributed by atoms with Gasteiger partial charge in [-0.15, -0.1) is 0 Å². The second-order valence-corrected chi connectivity index (χ2v) is 5.67. The molecule has 0 aromatic carbocycles. The summed E-state index contributed by atoms with van der Waals surface area (Å²) >= 11 is 3.22. The van der Waals surface area contributed by atoms with E-state index in [1.54, 1.807) is 12.1 Å². The Morgan fingerprint density at radius 1 is 1.35 bits per heavy atom. The van der Waals surface area contributed by atoms with Crippen molar-refractivity contribution in [3.05, 3.63) is 28.9 Å². The SMILES string of the molecule is Nc1ccc(Br)c(-c2occc2P(=O)(O)O)n1. The fourth-order valence-corrected chi connectivity index (χ4v) is 2.40. The van der Waals surface area contributed by atoms with E-state index < -0.39 is 7.60 Å². The topological polar surface area (TPSA) is 110 Å². The van der Waals surface area contributed by atoms with Gasteiger partial charge in [-0.05, 0) is 34.1 Å². The highest BCUT2D eigenvalue weighted by Crippen LogP contribution is 2.39. The second kappa shape index (κ2) is 4.27. The average Bonchev–Trinajstić information content (AvgIpc) is 2.69. The molecule has 8 heteroatoms. The molecule has 0 spiro atoms. The average molecular weight is 319 g/mol. The molecule has 0 saturated heterocycles. The summed E-state index contributed by atoms with van der Waals surface area (Å²) in [4.78, 5) is 22.3. The third kappa shape index (κ3) is 2.42. The van der Waals surface area contributed by atoms with E-state index in [1.807, 2.05) is 0 Å². The number of hydrogen-bond acceptors (Lipinski definition) is 4. The highest BCUT2D eigenvalue weighted by Gasteiger charge is 2.27. The van der Waals surface area contributed by atoms with Gasteiger partial charge in [0.25, 0.3) is 0 Å². The van der Waals surface area contributed by atoms with Crippen LogP contribution in [0.2, 0.25) is 0 Å². The summed E-state index contributed by atoms with van der Waals surface area (Å²) in [7, 11) is -4.40. The van der Waals surface area contributed by atoms with Crippen LogP contribution in [0.15, 0.2) is 33.4 Å². The van der Waals surface area contributed by atoms with Gasteiger partial charge in [0, 0.05) is 4.47 Å². The first-order chi connectivity index (χ1) is 7.89. The van der Waals surface area contributed by atoms with Crippen molar-refractivity contribution in [2.24, 2.45) is 0 Å². The lowest BCUT2D eigenvalue weighted by Crippen LogP contribution is -2.05. The largest absolute Gasteiger partial charge is 0.462 e. The number of nitrogen functional groups attached to an aromatic ring is 1. The molecular formula is C9H8BrN2O4P. The maximum atomic E-state index is 11.2. The first-order valence-electron chi connectivity index (χ1n) is 4.45. The zero-order valence-electron chi connectivity index (χ0n) is 8.37. The van der Waals surface area contributed by atoms with Crippen LogP contribution in [0.5, 0.6) is 0 Å². The Labute approximate surface area is 105 Å². The maximum Gasteiger partial charge on any atom is 0.360 e. The number of nitrogens with two attached hydrogens (primary N) is 1. The number of furan rings is 1. The van der Waals surface area contributed by atoms with E-state index in [0.717, 1.165) is 0 Å². The van der Waals surface area contributed by atoms with Crippen LogP contribution in [-0.2, 0) is 4.57 Å². The molecule has 0 fully saturated rings. The van der Waals surface area contributed by atoms with Crippen molar-refractivity contribution in [1.29, 1.82) is 0 Å². The van der Waals surface area contributed by atoms with Crippen LogP contribution in [0, 0.1) is 0 Å². The number of aromatic nitrogens is 1. The molecule has 0 amide bonds. The van der Waals surface area contributed by atoms with Crippen molar-refractivity contribution in [3.8, 4) is 11.5 Å². The van der Waals surface area contributed by atoms with E-state index in [4.69, 9.17) is 19.9 Å². The summed E-state index contributed by atoms with van der Waals surface area (Å²) in [5.41, 5.74) is 5.78. The Hall–Kier alpha value is -1.14. The molecule has 0 saturated carbocycles. The first-order valence-corrected chi connectivity index (χ1v) is 6.86. The van der Waals surface area contributed by atoms with Gasteiger partial charge in [0.1, 0.15) is 16.8 Å². The van der Waals surface area contributed by atoms with Crippen LogP contribution in [0.4, 0.5) is 5.82 Å². The van der Waals surface area contributed by atoms with Crippen LogP contribution < -0.4 is 11.0 Å². The number of pyridine rings is 1. The van der Waals surface area contributed by atoms with Crippen LogP contribution in [0.25, 0.3) is 11.5 Å². The molecule has 0 unspecified atom stereocenters. The van der Waals surface area contributed by atoms with Gasteiger partial charge in [0.05, 0.1) is 6.26 Å². The number of nitrogens with zero attached hydrogens (tertiary/aromatic N) is 1. The molecule has 0 aliphatic carbocycles. The molecule has 0 aliphatic rings. The lowest BCUT2D eigenvalue weighted by molar-refractivity contribution is 0.387.